The molecule has 0 atom stereocenters. The van der Waals surface area contributed by atoms with Crippen LogP contribution in [-0.4, -0.2) is 42.5 Å². The Morgan fingerprint density at radius 2 is 2.05 bits per heavy atom. The summed E-state index contributed by atoms with van der Waals surface area (Å²) in [6.45, 7) is 3.05. The van der Waals surface area contributed by atoms with Crippen molar-refractivity contribution in [1.82, 2.24) is 9.99 Å². The highest BCUT2D eigenvalue weighted by Crippen LogP contribution is 2.27. The lowest BCUT2D eigenvalue weighted by molar-refractivity contribution is 0.0397. The van der Waals surface area contributed by atoms with Crippen LogP contribution in [0, 0.1) is 0 Å². The van der Waals surface area contributed by atoms with Gasteiger partial charge in [-0.2, -0.15) is 5.10 Å². The van der Waals surface area contributed by atoms with E-state index in [4.69, 9.17) is 16.3 Å². The first-order valence-electron chi connectivity index (χ1n) is 6.66. The van der Waals surface area contributed by atoms with Gasteiger partial charge in [-0.15, -0.1) is 0 Å². The highest BCUT2D eigenvalue weighted by atomic mass is 35.5. The number of hydrazone groups is 1. The molecule has 1 fully saturated rings. The number of ether oxygens (including phenoxy) is 1. The highest BCUT2D eigenvalue weighted by molar-refractivity contribution is 7.17. The lowest BCUT2D eigenvalue weighted by Gasteiger charge is -2.23. The molecule has 1 aliphatic heterocycles. The second-order valence-corrected chi connectivity index (χ2v) is 5.86. The molecule has 21 heavy (non-hydrogen) atoms. The first-order chi connectivity index (χ1) is 10.3. The maximum atomic E-state index is 6.15. The summed E-state index contributed by atoms with van der Waals surface area (Å²) in [6, 6.07) is 9.88. The number of rotatable bonds is 4. The maximum Gasteiger partial charge on any atom is 0.189 e. The molecule has 0 saturated carbocycles. The number of aromatic nitrogens is 1. The molecule has 1 aliphatic rings. The minimum Gasteiger partial charge on any atom is -0.378 e. The van der Waals surface area contributed by atoms with Crippen LogP contribution in [0.2, 0.25) is 5.15 Å². The normalized spacial score (nSPS) is 15.6. The number of halogens is 1. The van der Waals surface area contributed by atoms with Gasteiger partial charge in [0.2, 0.25) is 0 Å². The number of morpholine rings is 1. The Kier molecular flexibility index (Phi) is 4.69. The van der Waals surface area contributed by atoms with Crippen molar-refractivity contribution in [2.45, 2.75) is 0 Å². The second-order valence-electron chi connectivity index (χ2n) is 4.48. The Morgan fingerprint density at radius 1 is 1.29 bits per heavy atom. The van der Waals surface area contributed by atoms with Gasteiger partial charge in [-0.25, -0.2) is 4.98 Å². The van der Waals surface area contributed by atoms with Crippen molar-refractivity contribution in [2.75, 3.05) is 31.6 Å². The smallest absolute Gasteiger partial charge is 0.189 e. The van der Waals surface area contributed by atoms with Gasteiger partial charge in [0.25, 0.3) is 0 Å². The molecule has 0 aliphatic carbocycles. The average molecular weight is 323 g/mol. The zero-order valence-electron chi connectivity index (χ0n) is 11.3. The van der Waals surface area contributed by atoms with Crippen LogP contribution >= 0.6 is 22.9 Å². The van der Waals surface area contributed by atoms with E-state index >= 15 is 0 Å². The van der Waals surface area contributed by atoms with E-state index in [1.807, 2.05) is 35.3 Å². The van der Waals surface area contributed by atoms with Crippen LogP contribution in [0.4, 0.5) is 10.8 Å². The van der Waals surface area contributed by atoms with Crippen LogP contribution in [0.25, 0.3) is 0 Å². The molecule has 0 spiro atoms. The van der Waals surface area contributed by atoms with Gasteiger partial charge in [0, 0.05) is 5.69 Å². The quantitative estimate of drug-likeness (QED) is 0.878. The first-order valence-corrected chi connectivity index (χ1v) is 7.86. The summed E-state index contributed by atoms with van der Waals surface area (Å²) in [6.07, 6.45) is 1.77. The number of nitrogens with one attached hydrogen (secondary N) is 1. The monoisotopic (exact) mass is 322 g/mol. The summed E-state index contributed by atoms with van der Waals surface area (Å²) in [4.78, 5) is 5.16. The minimum absolute atomic E-state index is 0.468. The zero-order chi connectivity index (χ0) is 14.5. The lowest BCUT2D eigenvalue weighted by atomic mass is 10.3. The Labute approximate surface area is 132 Å². The van der Waals surface area contributed by atoms with E-state index in [1.165, 1.54) is 11.3 Å². The molecule has 0 radical (unpaired) electrons. The predicted octanol–water partition coefficient (Wildman–Crippen LogP) is 3.21. The highest BCUT2D eigenvalue weighted by Gasteiger charge is 2.10. The molecule has 0 bridgehead atoms. The first kappa shape index (κ1) is 14.3. The second kappa shape index (κ2) is 6.89. The molecule has 2 aromatic rings. The molecule has 1 aromatic carbocycles. The van der Waals surface area contributed by atoms with Crippen molar-refractivity contribution in [3.8, 4) is 0 Å². The number of nitrogens with zero attached hydrogens (tertiary/aromatic N) is 3. The third-order valence-corrected chi connectivity index (χ3v) is 4.27. The third-order valence-electron chi connectivity index (χ3n) is 2.96. The number of hydrogen-bond donors (Lipinski definition) is 1. The minimum atomic E-state index is 0.468. The Morgan fingerprint density at radius 3 is 2.81 bits per heavy atom. The van der Waals surface area contributed by atoms with Gasteiger partial charge >= 0.3 is 0 Å². The molecule has 1 aromatic heterocycles. The number of benzene rings is 1. The molecule has 1 N–H and O–H groups in total. The molecule has 1 saturated heterocycles. The van der Waals surface area contributed by atoms with Gasteiger partial charge in [0.05, 0.1) is 37.4 Å². The number of thiazole rings is 1. The molecule has 7 heteroatoms. The standard InChI is InChI=1S/C14H15ClN4OS/c15-13-12(10-16-19-6-8-20-9-7-19)21-14(18-13)17-11-4-2-1-3-5-11/h1-5,10H,6-9H2,(H,17,18). The molecule has 3 rings (SSSR count). The SMILES string of the molecule is Clc1nc(Nc2ccccc2)sc1C=NN1CCOCC1. The van der Waals surface area contributed by atoms with Crippen molar-refractivity contribution in [1.29, 1.82) is 0 Å². The van der Waals surface area contributed by atoms with E-state index in [9.17, 15) is 0 Å². The average Bonchev–Trinajstić information content (AvgIpc) is 2.87. The Hall–Kier alpha value is -1.63. The molecule has 110 valence electrons. The van der Waals surface area contributed by atoms with Gasteiger partial charge in [-0.1, -0.05) is 41.1 Å². The van der Waals surface area contributed by atoms with Crippen molar-refractivity contribution in [2.24, 2.45) is 5.10 Å². The molecule has 2 heterocycles. The summed E-state index contributed by atoms with van der Waals surface area (Å²) in [5.41, 5.74) is 0.986. The number of hydrogen-bond acceptors (Lipinski definition) is 6. The predicted molar refractivity (Wildman–Crippen MR) is 86.8 cm³/mol. The van der Waals surface area contributed by atoms with Crippen LogP contribution in [0.3, 0.4) is 0 Å². The van der Waals surface area contributed by atoms with Gasteiger partial charge in [-0.05, 0) is 12.1 Å². The molecule has 0 unspecified atom stereocenters. The van der Waals surface area contributed by atoms with E-state index in [0.717, 1.165) is 28.8 Å². The van der Waals surface area contributed by atoms with Gasteiger partial charge in [0.1, 0.15) is 0 Å². The largest absolute Gasteiger partial charge is 0.378 e. The zero-order valence-corrected chi connectivity index (χ0v) is 12.9. The summed E-state index contributed by atoms with van der Waals surface area (Å²) >= 11 is 7.64. The van der Waals surface area contributed by atoms with Crippen molar-refractivity contribution >= 4 is 40.0 Å². The molecular formula is C14H15ClN4OS. The van der Waals surface area contributed by atoms with Gasteiger partial charge in [0.15, 0.2) is 10.3 Å². The fourth-order valence-electron chi connectivity index (χ4n) is 1.89. The van der Waals surface area contributed by atoms with Gasteiger partial charge < -0.3 is 10.1 Å². The number of anilines is 2. The summed E-state index contributed by atoms with van der Waals surface area (Å²) in [5, 5.41) is 10.9. The van der Waals surface area contributed by atoms with Gasteiger partial charge in [-0.3, -0.25) is 5.01 Å². The maximum absolute atomic E-state index is 6.15. The molecule has 0 amide bonds. The topological polar surface area (TPSA) is 49.8 Å². The van der Waals surface area contributed by atoms with E-state index in [-0.39, 0.29) is 0 Å². The van der Waals surface area contributed by atoms with Crippen LogP contribution in [0.15, 0.2) is 35.4 Å². The third kappa shape index (κ3) is 3.93. The van der Waals surface area contributed by atoms with Crippen molar-refractivity contribution in [3.05, 3.63) is 40.4 Å². The Balaban J connectivity index is 1.67. The molecular weight excluding hydrogens is 308 g/mol. The number of para-hydroxylation sites is 1. The fourth-order valence-corrected chi connectivity index (χ4v) is 2.94. The summed E-state index contributed by atoms with van der Waals surface area (Å²) in [7, 11) is 0. The Bertz CT molecular complexity index is 611. The summed E-state index contributed by atoms with van der Waals surface area (Å²) in [5.74, 6) is 0. The summed E-state index contributed by atoms with van der Waals surface area (Å²) < 4.78 is 5.28. The van der Waals surface area contributed by atoms with E-state index in [1.54, 1.807) is 6.21 Å². The van der Waals surface area contributed by atoms with E-state index < -0.39 is 0 Å². The van der Waals surface area contributed by atoms with E-state index in [2.05, 4.69) is 15.4 Å². The van der Waals surface area contributed by atoms with Crippen molar-refractivity contribution < 1.29 is 4.74 Å². The van der Waals surface area contributed by atoms with Crippen LogP contribution in [0.5, 0.6) is 0 Å². The van der Waals surface area contributed by atoms with Crippen LogP contribution in [-0.2, 0) is 4.74 Å². The fraction of sp³-hybridized carbons (Fsp3) is 0.286. The van der Waals surface area contributed by atoms with E-state index in [0.29, 0.717) is 18.4 Å². The molecule has 5 nitrogen and oxygen atoms in total. The van der Waals surface area contributed by atoms with Crippen LogP contribution in [0.1, 0.15) is 4.88 Å². The lowest BCUT2D eigenvalue weighted by Crippen LogP contribution is -2.32. The van der Waals surface area contributed by atoms with Crippen LogP contribution < -0.4 is 5.32 Å². The van der Waals surface area contributed by atoms with Crippen molar-refractivity contribution in [3.63, 3.8) is 0 Å².